The average molecular weight is 585 g/mol. The number of hydrogen-bond donors (Lipinski definition) is 1. The maximum absolute atomic E-state index is 14.4. The molecule has 42 heavy (non-hydrogen) atoms. The van der Waals surface area contributed by atoms with Crippen molar-refractivity contribution in [2.75, 3.05) is 0 Å². The number of rotatable bonds is 9. The topological polar surface area (TPSA) is 90.9 Å². The zero-order chi connectivity index (χ0) is 30.2. The van der Waals surface area contributed by atoms with Gasteiger partial charge in [-0.2, -0.15) is 8.78 Å². The van der Waals surface area contributed by atoms with Gasteiger partial charge in [0.1, 0.15) is 12.6 Å². The Balaban J connectivity index is 1.70. The number of amides is 1. The Labute approximate surface area is 235 Å². The van der Waals surface area contributed by atoms with Gasteiger partial charge >= 0.3 is 18.0 Å². The zero-order valence-corrected chi connectivity index (χ0v) is 21.4. The van der Waals surface area contributed by atoms with Crippen molar-refractivity contribution >= 4 is 18.0 Å². The molecule has 0 aliphatic carbocycles. The molecule has 7 nitrogen and oxygen atoms in total. The third kappa shape index (κ3) is 6.89. The maximum Gasteiger partial charge on any atom is 0.408 e. The van der Waals surface area contributed by atoms with Crippen LogP contribution in [0.15, 0.2) is 91.0 Å². The van der Waals surface area contributed by atoms with Gasteiger partial charge in [0.15, 0.2) is 0 Å². The number of benzene rings is 4. The molecule has 4 aromatic carbocycles. The molecule has 216 valence electrons. The highest BCUT2D eigenvalue weighted by molar-refractivity contribution is 5.92. The summed E-state index contributed by atoms with van der Waals surface area (Å²) in [6.07, 6.45) is -3.31. The van der Waals surface area contributed by atoms with Crippen LogP contribution in [0.3, 0.4) is 0 Å². The summed E-state index contributed by atoms with van der Waals surface area (Å²) in [5, 5.41) is 2.35. The first kappa shape index (κ1) is 29.7. The van der Waals surface area contributed by atoms with Crippen LogP contribution in [0.2, 0.25) is 0 Å². The SMILES string of the molecule is O=C(N[C@@H](c1ccccc1)[C@@H](OC(=O)c1ccccc1)C(=O)Oc1c(F)c(F)c(F)c(F)c1F)OCc1ccccc1. The second kappa shape index (κ2) is 13.4. The Hall–Kier alpha value is -5.26. The Bertz CT molecular complexity index is 1540. The summed E-state index contributed by atoms with van der Waals surface area (Å²) >= 11 is 0. The Kier molecular flexibility index (Phi) is 9.48. The second-order valence-electron chi connectivity index (χ2n) is 8.61. The van der Waals surface area contributed by atoms with E-state index in [1.807, 2.05) is 0 Å². The van der Waals surface area contributed by atoms with E-state index >= 15 is 0 Å². The van der Waals surface area contributed by atoms with E-state index in [2.05, 4.69) is 10.1 Å². The van der Waals surface area contributed by atoms with E-state index in [1.165, 1.54) is 48.5 Å². The molecule has 4 rings (SSSR count). The first-order chi connectivity index (χ1) is 20.2. The van der Waals surface area contributed by atoms with Gasteiger partial charge in [-0.25, -0.2) is 27.6 Å². The van der Waals surface area contributed by atoms with E-state index in [0.29, 0.717) is 5.56 Å². The highest BCUT2D eigenvalue weighted by Crippen LogP contribution is 2.31. The van der Waals surface area contributed by atoms with Gasteiger partial charge in [-0.15, -0.1) is 0 Å². The van der Waals surface area contributed by atoms with Gasteiger partial charge in [-0.1, -0.05) is 78.9 Å². The van der Waals surface area contributed by atoms with Gasteiger partial charge in [0.05, 0.1) is 5.56 Å². The van der Waals surface area contributed by atoms with Gasteiger partial charge in [0.25, 0.3) is 0 Å². The number of halogens is 5. The molecule has 2 atom stereocenters. The minimum Gasteiger partial charge on any atom is -0.445 e. The molecule has 0 saturated carbocycles. The van der Waals surface area contributed by atoms with Crippen molar-refractivity contribution in [2.45, 2.75) is 18.8 Å². The van der Waals surface area contributed by atoms with Crippen molar-refractivity contribution < 1.29 is 50.5 Å². The van der Waals surface area contributed by atoms with Crippen LogP contribution in [0.25, 0.3) is 0 Å². The first-order valence-corrected chi connectivity index (χ1v) is 12.2. The summed E-state index contributed by atoms with van der Waals surface area (Å²) in [5.74, 6) is -16.9. The Morgan fingerprint density at radius 2 is 1.17 bits per heavy atom. The molecule has 0 aliphatic heterocycles. The molecule has 0 radical (unpaired) electrons. The van der Waals surface area contributed by atoms with Crippen molar-refractivity contribution in [1.29, 1.82) is 0 Å². The molecule has 0 fully saturated rings. The van der Waals surface area contributed by atoms with Crippen LogP contribution in [-0.4, -0.2) is 24.1 Å². The number of carbonyl (C=O) groups excluding carboxylic acids is 3. The monoisotopic (exact) mass is 585 g/mol. The molecule has 4 aromatic rings. The predicted octanol–water partition coefficient (Wildman–Crippen LogP) is 6.18. The van der Waals surface area contributed by atoms with Crippen molar-refractivity contribution in [2.24, 2.45) is 0 Å². The van der Waals surface area contributed by atoms with Crippen LogP contribution in [0.4, 0.5) is 26.7 Å². The quantitative estimate of drug-likeness (QED) is 0.0830. The highest BCUT2D eigenvalue weighted by atomic mass is 19.2. The fourth-order valence-electron chi connectivity index (χ4n) is 3.73. The minimum atomic E-state index is -2.47. The van der Waals surface area contributed by atoms with Crippen molar-refractivity contribution in [1.82, 2.24) is 5.32 Å². The lowest BCUT2D eigenvalue weighted by Crippen LogP contribution is -2.45. The largest absolute Gasteiger partial charge is 0.445 e. The molecule has 1 N–H and O–H groups in total. The normalized spacial score (nSPS) is 12.1. The highest BCUT2D eigenvalue weighted by Gasteiger charge is 2.39. The van der Waals surface area contributed by atoms with E-state index < -0.39 is 65.0 Å². The molecule has 0 spiro atoms. The number of carbonyl (C=O) groups is 3. The Morgan fingerprint density at radius 1 is 0.667 bits per heavy atom. The lowest BCUT2D eigenvalue weighted by Gasteiger charge is -2.27. The zero-order valence-electron chi connectivity index (χ0n) is 21.4. The lowest BCUT2D eigenvalue weighted by molar-refractivity contribution is -0.146. The molecule has 0 bridgehead atoms. The standard InChI is InChI=1S/C30H20F5NO6/c31-20-21(32)23(34)26(24(35)22(20)33)41-29(38)27(42-28(37)19-14-8-3-9-15-19)25(18-12-6-2-7-13-18)36-30(39)40-16-17-10-4-1-5-11-17/h1-15,25,27H,16H2,(H,36,39)/t25-,27+/m0/s1. The predicted molar refractivity (Wildman–Crippen MR) is 136 cm³/mol. The molecular formula is C30H20F5NO6. The third-order valence-corrected chi connectivity index (χ3v) is 5.80. The van der Waals surface area contributed by atoms with Gasteiger partial charge in [-0.3, -0.25) is 0 Å². The van der Waals surface area contributed by atoms with Crippen molar-refractivity contribution in [3.63, 3.8) is 0 Å². The number of hydrogen-bond acceptors (Lipinski definition) is 6. The van der Waals surface area contributed by atoms with Crippen molar-refractivity contribution in [3.05, 3.63) is 137 Å². The van der Waals surface area contributed by atoms with Crippen LogP contribution in [-0.2, 0) is 20.9 Å². The van der Waals surface area contributed by atoms with E-state index in [9.17, 15) is 36.3 Å². The molecule has 1 amide bonds. The second-order valence-corrected chi connectivity index (χ2v) is 8.61. The van der Waals surface area contributed by atoms with E-state index in [1.54, 1.807) is 42.5 Å². The first-order valence-electron chi connectivity index (χ1n) is 12.2. The summed E-state index contributed by atoms with van der Waals surface area (Å²) in [4.78, 5) is 39.0. The van der Waals surface area contributed by atoms with E-state index in [4.69, 9.17) is 9.47 Å². The molecule has 12 heteroatoms. The van der Waals surface area contributed by atoms with Gasteiger partial charge in [0.2, 0.25) is 40.9 Å². The smallest absolute Gasteiger partial charge is 0.408 e. The summed E-state index contributed by atoms with van der Waals surface area (Å²) in [5.41, 5.74) is 0.682. The molecule has 0 aliphatic rings. The summed E-state index contributed by atoms with van der Waals surface area (Å²) in [6, 6.07) is 21.5. The number of nitrogens with one attached hydrogen (secondary N) is 1. The third-order valence-electron chi connectivity index (χ3n) is 5.80. The fourth-order valence-corrected chi connectivity index (χ4v) is 3.73. The van der Waals surface area contributed by atoms with E-state index in [0.717, 1.165) is 0 Å². The average Bonchev–Trinajstić information content (AvgIpc) is 3.03. The number of esters is 2. The minimum absolute atomic E-state index is 0.0648. The fraction of sp³-hybridized carbons (Fsp3) is 0.100. The van der Waals surface area contributed by atoms with Crippen LogP contribution in [0.1, 0.15) is 27.5 Å². The van der Waals surface area contributed by atoms with Gasteiger partial charge in [-0.05, 0) is 23.3 Å². The van der Waals surface area contributed by atoms with E-state index in [-0.39, 0.29) is 17.7 Å². The van der Waals surface area contributed by atoms with Crippen LogP contribution in [0, 0.1) is 29.1 Å². The lowest BCUT2D eigenvalue weighted by atomic mass is 10.0. The van der Waals surface area contributed by atoms with Crippen LogP contribution < -0.4 is 10.1 Å². The molecule has 0 unspecified atom stereocenters. The Morgan fingerprint density at radius 3 is 1.74 bits per heavy atom. The molecule has 0 heterocycles. The summed E-state index contributed by atoms with van der Waals surface area (Å²) < 4.78 is 85.0. The van der Waals surface area contributed by atoms with Crippen LogP contribution in [0.5, 0.6) is 5.75 Å². The molecule has 0 saturated heterocycles. The summed E-state index contributed by atoms with van der Waals surface area (Å²) in [6.45, 7) is -0.197. The number of ether oxygens (including phenoxy) is 3. The van der Waals surface area contributed by atoms with Crippen molar-refractivity contribution in [3.8, 4) is 5.75 Å². The number of alkyl carbamates (subject to hydrolysis) is 1. The molecular weight excluding hydrogens is 565 g/mol. The molecule has 0 aromatic heterocycles. The van der Waals surface area contributed by atoms with Gasteiger partial charge < -0.3 is 19.5 Å². The summed E-state index contributed by atoms with van der Waals surface area (Å²) in [7, 11) is 0. The van der Waals surface area contributed by atoms with Gasteiger partial charge in [0, 0.05) is 0 Å². The maximum atomic E-state index is 14.4. The van der Waals surface area contributed by atoms with Crippen LogP contribution >= 0.6 is 0 Å².